The van der Waals surface area contributed by atoms with Gasteiger partial charge in [-0.3, -0.25) is 0 Å². The summed E-state index contributed by atoms with van der Waals surface area (Å²) in [7, 11) is -3.76. The monoisotopic (exact) mass is 525 g/mol. The second kappa shape index (κ2) is 8.89. The molecule has 8 nitrogen and oxygen atoms in total. The van der Waals surface area contributed by atoms with Crippen molar-refractivity contribution in [2.24, 2.45) is 0 Å². The van der Waals surface area contributed by atoms with Gasteiger partial charge in [0.2, 0.25) is 15.8 Å². The molecule has 0 atom stereocenters. The maximum Gasteiger partial charge on any atom is 0.317 e. The molecule has 0 unspecified atom stereocenters. The summed E-state index contributed by atoms with van der Waals surface area (Å²) in [6, 6.07) is 7.81. The van der Waals surface area contributed by atoms with Crippen molar-refractivity contribution in [3.63, 3.8) is 0 Å². The number of amides is 2. The lowest BCUT2D eigenvalue weighted by Crippen LogP contribution is -2.32. The molecule has 1 aliphatic heterocycles. The number of thiophene rings is 1. The van der Waals surface area contributed by atoms with Crippen molar-refractivity contribution in [1.82, 2.24) is 20.2 Å². The average molecular weight is 526 g/mol. The SMILES string of the molecule is O=C1NCCN1CCNc1ncc(Br)c(-c2ccc(S(=O)(=O)c3ccc(F)cc3)s2)n1. The van der Waals surface area contributed by atoms with Crippen LogP contribution in [0.2, 0.25) is 0 Å². The minimum absolute atomic E-state index is 0.0253. The summed E-state index contributed by atoms with van der Waals surface area (Å²) >= 11 is 4.48. The molecule has 3 aromatic rings. The van der Waals surface area contributed by atoms with Crippen LogP contribution >= 0.6 is 27.3 Å². The molecule has 1 aliphatic rings. The van der Waals surface area contributed by atoms with Gasteiger partial charge < -0.3 is 15.5 Å². The summed E-state index contributed by atoms with van der Waals surface area (Å²) in [5.41, 5.74) is 0.543. The van der Waals surface area contributed by atoms with Crippen molar-refractivity contribution < 1.29 is 17.6 Å². The lowest BCUT2D eigenvalue weighted by atomic mass is 10.3. The predicted molar refractivity (Wildman–Crippen MR) is 118 cm³/mol. The Morgan fingerprint density at radius 1 is 1.23 bits per heavy atom. The number of rotatable bonds is 7. The Balaban J connectivity index is 1.52. The van der Waals surface area contributed by atoms with Crippen LogP contribution in [0.5, 0.6) is 0 Å². The van der Waals surface area contributed by atoms with Gasteiger partial charge in [0.1, 0.15) is 15.7 Å². The number of benzene rings is 1. The van der Waals surface area contributed by atoms with Gasteiger partial charge in [-0.15, -0.1) is 11.3 Å². The molecule has 0 aliphatic carbocycles. The van der Waals surface area contributed by atoms with Crippen molar-refractivity contribution in [2.75, 3.05) is 31.5 Å². The van der Waals surface area contributed by atoms with E-state index in [0.717, 1.165) is 23.5 Å². The number of hydrogen-bond acceptors (Lipinski definition) is 7. The fourth-order valence-electron chi connectivity index (χ4n) is 2.97. The molecular weight excluding hydrogens is 509 g/mol. The number of aromatic nitrogens is 2. The molecule has 0 radical (unpaired) electrons. The van der Waals surface area contributed by atoms with Crippen LogP contribution in [0, 0.1) is 5.82 Å². The third-order valence-corrected chi connectivity index (χ3v) is 8.49. The summed E-state index contributed by atoms with van der Waals surface area (Å²) in [4.78, 5) is 22.6. The molecule has 2 aromatic heterocycles. The molecule has 0 bridgehead atoms. The number of anilines is 1. The maximum absolute atomic E-state index is 13.1. The fourth-order valence-corrected chi connectivity index (χ4v) is 6.22. The third-order valence-electron chi connectivity index (χ3n) is 4.56. The first-order valence-electron chi connectivity index (χ1n) is 9.24. The average Bonchev–Trinajstić information content (AvgIpc) is 3.40. The Kier molecular flexibility index (Phi) is 6.21. The largest absolute Gasteiger partial charge is 0.352 e. The summed E-state index contributed by atoms with van der Waals surface area (Å²) in [6.45, 7) is 2.29. The Hall–Kier alpha value is -2.57. The number of halogens is 2. The molecule has 31 heavy (non-hydrogen) atoms. The Morgan fingerprint density at radius 3 is 2.71 bits per heavy atom. The highest BCUT2D eigenvalue weighted by molar-refractivity contribution is 9.10. The van der Waals surface area contributed by atoms with Crippen LogP contribution in [0.15, 0.2) is 56.2 Å². The normalized spacial score (nSPS) is 14.0. The Morgan fingerprint density at radius 2 is 2.00 bits per heavy atom. The van der Waals surface area contributed by atoms with Gasteiger partial charge in [0.15, 0.2) is 0 Å². The van der Waals surface area contributed by atoms with Crippen molar-refractivity contribution >= 4 is 49.1 Å². The first kappa shape index (κ1) is 21.7. The molecule has 4 rings (SSSR count). The van der Waals surface area contributed by atoms with Crippen LogP contribution in [-0.4, -0.2) is 55.5 Å². The van der Waals surface area contributed by atoms with Crippen molar-refractivity contribution in [2.45, 2.75) is 9.10 Å². The van der Waals surface area contributed by atoms with E-state index in [2.05, 4.69) is 36.5 Å². The molecule has 2 amide bonds. The zero-order valence-corrected chi connectivity index (χ0v) is 19.2. The highest BCUT2D eigenvalue weighted by Crippen LogP contribution is 2.36. The molecule has 1 saturated heterocycles. The highest BCUT2D eigenvalue weighted by Gasteiger charge is 2.22. The number of carbonyl (C=O) groups is 1. The van der Waals surface area contributed by atoms with Crippen molar-refractivity contribution in [3.8, 4) is 10.6 Å². The Bertz CT molecular complexity index is 1220. The number of sulfone groups is 1. The van der Waals surface area contributed by atoms with E-state index in [-0.39, 0.29) is 15.1 Å². The molecule has 1 fully saturated rings. The number of nitrogens with zero attached hydrogens (tertiary/aromatic N) is 3. The van der Waals surface area contributed by atoms with Crippen molar-refractivity contribution in [3.05, 3.63) is 52.9 Å². The summed E-state index contributed by atoms with van der Waals surface area (Å²) in [6.07, 6.45) is 1.58. The van der Waals surface area contributed by atoms with Crippen LogP contribution in [0.25, 0.3) is 10.6 Å². The molecular formula is C19H17BrFN5O3S2. The molecule has 1 aromatic carbocycles. The van der Waals surface area contributed by atoms with Gasteiger partial charge in [0, 0.05) is 32.4 Å². The van der Waals surface area contributed by atoms with Gasteiger partial charge in [-0.1, -0.05) is 0 Å². The number of nitrogens with one attached hydrogen (secondary N) is 2. The predicted octanol–water partition coefficient (Wildman–Crippen LogP) is 3.38. The second-order valence-electron chi connectivity index (χ2n) is 6.61. The maximum atomic E-state index is 13.1. The lowest BCUT2D eigenvalue weighted by Gasteiger charge is -2.14. The van der Waals surface area contributed by atoms with Gasteiger partial charge in [-0.2, -0.15) is 0 Å². The van der Waals surface area contributed by atoms with E-state index in [4.69, 9.17) is 0 Å². The fraction of sp³-hybridized carbons (Fsp3) is 0.211. The van der Waals surface area contributed by atoms with Gasteiger partial charge in [0.05, 0.1) is 14.2 Å². The van der Waals surface area contributed by atoms with Crippen LogP contribution in [0.4, 0.5) is 15.1 Å². The Labute approximate surface area is 190 Å². The van der Waals surface area contributed by atoms with E-state index in [0.29, 0.717) is 47.2 Å². The second-order valence-corrected chi connectivity index (χ2v) is 10.7. The minimum atomic E-state index is -3.76. The zero-order valence-electron chi connectivity index (χ0n) is 16.0. The third kappa shape index (κ3) is 4.70. The minimum Gasteiger partial charge on any atom is -0.352 e. The van der Waals surface area contributed by atoms with E-state index in [1.807, 2.05) is 0 Å². The molecule has 0 spiro atoms. The first-order valence-corrected chi connectivity index (χ1v) is 12.3. The van der Waals surface area contributed by atoms with Gasteiger partial charge in [0.25, 0.3) is 0 Å². The number of carbonyl (C=O) groups excluding carboxylic acids is 1. The lowest BCUT2D eigenvalue weighted by molar-refractivity contribution is 0.219. The van der Waals surface area contributed by atoms with Gasteiger partial charge in [-0.25, -0.2) is 27.6 Å². The van der Waals surface area contributed by atoms with E-state index in [1.54, 1.807) is 17.2 Å². The molecule has 3 heterocycles. The molecule has 12 heteroatoms. The summed E-state index contributed by atoms with van der Waals surface area (Å²) in [5, 5.41) is 5.82. The van der Waals surface area contributed by atoms with Crippen molar-refractivity contribution in [1.29, 1.82) is 0 Å². The van der Waals surface area contributed by atoms with Crippen LogP contribution in [0.3, 0.4) is 0 Å². The topological polar surface area (TPSA) is 104 Å². The van der Waals surface area contributed by atoms with Crippen LogP contribution in [-0.2, 0) is 9.84 Å². The molecule has 162 valence electrons. The highest BCUT2D eigenvalue weighted by atomic mass is 79.9. The van der Waals surface area contributed by atoms with E-state index in [9.17, 15) is 17.6 Å². The quantitative estimate of drug-likeness (QED) is 0.458. The first-order chi connectivity index (χ1) is 14.8. The van der Waals surface area contributed by atoms with Crippen LogP contribution < -0.4 is 10.6 Å². The number of urea groups is 1. The zero-order chi connectivity index (χ0) is 22.0. The van der Waals surface area contributed by atoms with E-state index >= 15 is 0 Å². The number of hydrogen-bond donors (Lipinski definition) is 2. The van der Waals surface area contributed by atoms with Gasteiger partial charge in [-0.05, 0) is 52.3 Å². The van der Waals surface area contributed by atoms with E-state index in [1.165, 1.54) is 18.2 Å². The van der Waals surface area contributed by atoms with Gasteiger partial charge >= 0.3 is 6.03 Å². The smallest absolute Gasteiger partial charge is 0.317 e. The molecule has 2 N–H and O–H groups in total. The summed E-state index contributed by atoms with van der Waals surface area (Å²) in [5.74, 6) is -0.129. The van der Waals surface area contributed by atoms with E-state index < -0.39 is 15.7 Å². The standard InChI is InChI=1S/C19H17BrFN5O3S2/c20-14-11-24-18(22-7-9-26-10-8-23-19(26)27)25-17(14)15-5-6-16(30-15)31(28,29)13-3-1-12(21)2-4-13/h1-6,11H,7-10H2,(H,23,27)(H,22,24,25). The van der Waals surface area contributed by atoms with Crippen LogP contribution in [0.1, 0.15) is 0 Å². The molecule has 0 saturated carbocycles. The summed E-state index contributed by atoms with van der Waals surface area (Å²) < 4.78 is 39.5.